The lowest BCUT2D eigenvalue weighted by Crippen LogP contribution is -2.44. The van der Waals surface area contributed by atoms with Crippen LogP contribution in [0.4, 0.5) is 0 Å². The van der Waals surface area contributed by atoms with Gasteiger partial charge in [0, 0.05) is 12.3 Å². The zero-order valence-electron chi connectivity index (χ0n) is 19.4. The number of esters is 2. The monoisotopic (exact) mass is 420 g/mol. The van der Waals surface area contributed by atoms with Crippen molar-refractivity contribution in [2.75, 3.05) is 0 Å². The van der Waals surface area contributed by atoms with Gasteiger partial charge < -0.3 is 14.6 Å². The van der Waals surface area contributed by atoms with Crippen molar-refractivity contribution in [3.8, 4) is 0 Å². The molecule has 0 aromatic carbocycles. The van der Waals surface area contributed by atoms with Crippen LogP contribution in [-0.2, 0) is 19.1 Å². The number of carbonyl (C=O) groups is 2. The number of ether oxygens (including phenoxy) is 2. The topological polar surface area (TPSA) is 72.8 Å². The van der Waals surface area contributed by atoms with Gasteiger partial charge in [-0.2, -0.15) is 0 Å². The van der Waals surface area contributed by atoms with Crippen molar-refractivity contribution in [3.05, 3.63) is 11.6 Å². The highest BCUT2D eigenvalue weighted by Crippen LogP contribution is 2.47. The van der Waals surface area contributed by atoms with Crippen LogP contribution >= 0.6 is 0 Å². The molecule has 0 radical (unpaired) electrons. The zero-order chi connectivity index (χ0) is 22.1. The Kier molecular flexibility index (Phi) is 7.32. The predicted octanol–water partition coefficient (Wildman–Crippen LogP) is 4.81. The maximum Gasteiger partial charge on any atom is 0.312 e. The van der Waals surface area contributed by atoms with E-state index < -0.39 is 11.5 Å². The molecule has 1 heterocycles. The second kappa shape index (κ2) is 9.42. The van der Waals surface area contributed by atoms with E-state index in [0.29, 0.717) is 18.3 Å². The summed E-state index contributed by atoms with van der Waals surface area (Å²) in [5.41, 5.74) is 0.953. The molecule has 170 valence electrons. The van der Waals surface area contributed by atoms with Gasteiger partial charge in [-0.1, -0.05) is 32.4 Å². The Morgan fingerprint density at radius 2 is 2.03 bits per heavy atom. The Labute approximate surface area is 181 Å². The molecule has 0 aromatic heterocycles. The smallest absolute Gasteiger partial charge is 0.312 e. The first-order valence-corrected chi connectivity index (χ1v) is 11.9. The van der Waals surface area contributed by atoms with Crippen LogP contribution in [0.5, 0.6) is 0 Å². The van der Waals surface area contributed by atoms with E-state index >= 15 is 0 Å². The van der Waals surface area contributed by atoms with Crippen LogP contribution < -0.4 is 0 Å². The third kappa shape index (κ3) is 5.09. The van der Waals surface area contributed by atoms with Gasteiger partial charge in [-0.25, -0.2) is 0 Å². The average Bonchev–Trinajstić information content (AvgIpc) is 2.66. The number of carbonyl (C=O) groups excluding carboxylic acids is 2. The van der Waals surface area contributed by atoms with E-state index in [-0.39, 0.29) is 42.4 Å². The van der Waals surface area contributed by atoms with Gasteiger partial charge in [0.05, 0.1) is 17.9 Å². The van der Waals surface area contributed by atoms with E-state index in [2.05, 4.69) is 26.8 Å². The Hall–Kier alpha value is -1.36. The number of fused-ring (bicyclic) bond motifs is 1. The minimum Gasteiger partial charge on any atom is -0.462 e. The van der Waals surface area contributed by atoms with Crippen molar-refractivity contribution in [1.82, 2.24) is 0 Å². The van der Waals surface area contributed by atoms with Crippen molar-refractivity contribution >= 4 is 11.9 Å². The Bertz CT molecular complexity index is 664. The lowest BCUT2D eigenvalue weighted by molar-refractivity contribution is -0.168. The first-order chi connectivity index (χ1) is 14.1. The summed E-state index contributed by atoms with van der Waals surface area (Å²) in [5, 5.41) is 9.92. The van der Waals surface area contributed by atoms with E-state index in [1.165, 1.54) is 5.57 Å². The minimum atomic E-state index is -0.586. The predicted molar refractivity (Wildman–Crippen MR) is 116 cm³/mol. The van der Waals surface area contributed by atoms with Gasteiger partial charge >= 0.3 is 11.9 Å². The highest BCUT2D eigenvalue weighted by Gasteiger charge is 2.44. The number of aliphatic hydroxyl groups is 1. The average molecular weight is 421 g/mol. The summed E-state index contributed by atoms with van der Waals surface area (Å²) in [6.45, 7) is 10.4. The molecule has 1 N–H and O–H groups in total. The first kappa shape index (κ1) is 23.3. The molecule has 1 aliphatic heterocycles. The van der Waals surface area contributed by atoms with Crippen LogP contribution in [0.15, 0.2) is 11.6 Å². The molecule has 2 fully saturated rings. The minimum absolute atomic E-state index is 0.0669. The molecule has 0 unspecified atom stereocenters. The van der Waals surface area contributed by atoms with Crippen LogP contribution in [0.1, 0.15) is 86.0 Å². The first-order valence-electron chi connectivity index (χ1n) is 11.9. The van der Waals surface area contributed by atoms with Gasteiger partial charge in [-0.15, -0.1) is 0 Å². The van der Waals surface area contributed by atoms with E-state index in [1.54, 1.807) is 0 Å². The summed E-state index contributed by atoms with van der Waals surface area (Å²) >= 11 is 0. The molecule has 6 atom stereocenters. The van der Waals surface area contributed by atoms with Gasteiger partial charge in [-0.3, -0.25) is 9.59 Å². The summed E-state index contributed by atoms with van der Waals surface area (Å²) in [6, 6.07) is 0. The van der Waals surface area contributed by atoms with Crippen LogP contribution in [0, 0.1) is 29.1 Å². The second-order valence-electron chi connectivity index (χ2n) is 10.7. The van der Waals surface area contributed by atoms with Gasteiger partial charge in [0.15, 0.2) is 0 Å². The van der Waals surface area contributed by atoms with Crippen molar-refractivity contribution < 1.29 is 24.2 Å². The summed E-state index contributed by atoms with van der Waals surface area (Å²) < 4.78 is 11.7. The van der Waals surface area contributed by atoms with E-state index in [1.807, 2.05) is 13.8 Å². The standard InChI is InChI=1S/C25H40O5/c1-15(2)25(4,5)24(28)30-21-8-6-7-17-10-9-16(3)20(23(17)21)12-11-19-13-18(26)14-22(27)29-19/h7,15-16,18-21,23,26H,6,8-14H2,1-5H3/t16-,18+,19+,20-,21-,23-/m0/s1. The lowest BCUT2D eigenvalue weighted by Gasteiger charge is -2.45. The third-order valence-electron chi connectivity index (χ3n) is 8.05. The zero-order valence-corrected chi connectivity index (χ0v) is 19.4. The highest BCUT2D eigenvalue weighted by molar-refractivity contribution is 5.76. The summed E-state index contributed by atoms with van der Waals surface area (Å²) in [5.74, 6) is 1.04. The molecule has 0 amide bonds. The van der Waals surface area contributed by atoms with E-state index in [4.69, 9.17) is 9.47 Å². The fourth-order valence-electron chi connectivity index (χ4n) is 5.31. The van der Waals surface area contributed by atoms with Gasteiger partial charge in [0.1, 0.15) is 12.2 Å². The molecule has 3 rings (SSSR count). The fourth-order valence-corrected chi connectivity index (χ4v) is 5.31. The molecule has 0 aromatic rings. The van der Waals surface area contributed by atoms with Crippen molar-refractivity contribution in [3.63, 3.8) is 0 Å². The molecule has 5 heteroatoms. The number of allylic oxidation sites excluding steroid dienone is 1. The van der Waals surface area contributed by atoms with Gasteiger partial charge in [0.25, 0.3) is 0 Å². The fraction of sp³-hybridized carbons (Fsp3) is 0.840. The van der Waals surface area contributed by atoms with Crippen molar-refractivity contribution in [2.45, 2.75) is 104 Å². The Morgan fingerprint density at radius 1 is 1.30 bits per heavy atom. The van der Waals surface area contributed by atoms with Gasteiger partial charge in [-0.05, 0) is 70.1 Å². The Morgan fingerprint density at radius 3 is 2.70 bits per heavy atom. The van der Waals surface area contributed by atoms with Crippen molar-refractivity contribution in [1.29, 1.82) is 0 Å². The second-order valence-corrected chi connectivity index (χ2v) is 10.7. The van der Waals surface area contributed by atoms with Crippen molar-refractivity contribution in [2.24, 2.45) is 29.1 Å². The molecular formula is C25H40O5. The highest BCUT2D eigenvalue weighted by atomic mass is 16.6. The molecule has 30 heavy (non-hydrogen) atoms. The van der Waals surface area contributed by atoms with Crippen LogP contribution in [0.3, 0.4) is 0 Å². The largest absolute Gasteiger partial charge is 0.462 e. The molecule has 0 spiro atoms. The number of cyclic esters (lactones) is 1. The molecular weight excluding hydrogens is 380 g/mol. The quantitative estimate of drug-likeness (QED) is 0.493. The molecule has 1 saturated heterocycles. The Balaban J connectivity index is 1.71. The summed E-state index contributed by atoms with van der Waals surface area (Å²) in [7, 11) is 0. The van der Waals surface area contributed by atoms with Crippen LogP contribution in [-0.4, -0.2) is 35.4 Å². The van der Waals surface area contributed by atoms with Gasteiger partial charge in [0.2, 0.25) is 0 Å². The van der Waals surface area contributed by atoms with E-state index in [9.17, 15) is 14.7 Å². The summed E-state index contributed by atoms with van der Waals surface area (Å²) in [4.78, 5) is 24.7. The molecule has 2 aliphatic carbocycles. The summed E-state index contributed by atoms with van der Waals surface area (Å²) in [6.07, 6.45) is 7.93. The molecule has 0 bridgehead atoms. The normalized spacial score (nSPS) is 34.8. The number of hydrogen-bond donors (Lipinski definition) is 1. The maximum absolute atomic E-state index is 13.0. The van der Waals surface area contributed by atoms with Crippen LogP contribution in [0.25, 0.3) is 0 Å². The molecule has 5 nitrogen and oxygen atoms in total. The third-order valence-corrected chi connectivity index (χ3v) is 8.05. The SMILES string of the molecule is CC(C)C(C)(C)C(=O)O[C@H]1CCC=C2CC[C@H](C)[C@H](CC[C@@H]3C[C@@H](O)CC(=O)O3)[C@H]21. The van der Waals surface area contributed by atoms with E-state index in [0.717, 1.165) is 38.5 Å². The lowest BCUT2D eigenvalue weighted by atomic mass is 9.63. The molecule has 3 aliphatic rings. The number of rotatable bonds is 6. The van der Waals surface area contributed by atoms with Crippen LogP contribution in [0.2, 0.25) is 0 Å². The molecule has 1 saturated carbocycles. The maximum atomic E-state index is 13.0. The number of hydrogen-bond acceptors (Lipinski definition) is 5. The number of aliphatic hydroxyl groups excluding tert-OH is 1.